The van der Waals surface area contributed by atoms with Crippen molar-refractivity contribution < 1.29 is 52.8 Å². The van der Waals surface area contributed by atoms with Crippen molar-refractivity contribution in [2.45, 2.75) is 52.9 Å². The average molecular weight is 1020 g/mol. The summed E-state index contributed by atoms with van der Waals surface area (Å²) in [7, 11) is -7.16. The maximum absolute atomic E-state index is 13.3. The van der Waals surface area contributed by atoms with Gasteiger partial charge in [0.05, 0.1) is 48.4 Å². The van der Waals surface area contributed by atoms with E-state index in [1.165, 1.54) is 60.7 Å². The number of unbranched alkanes of at least 4 members (excludes halogenated alkanes) is 1. The van der Waals surface area contributed by atoms with Gasteiger partial charge in [-0.25, -0.2) is 25.6 Å². The molecule has 0 unspecified atom stereocenters. The molecule has 0 bridgehead atoms. The zero-order valence-corrected chi connectivity index (χ0v) is 38.7. The van der Waals surface area contributed by atoms with Gasteiger partial charge >= 0.3 is 0 Å². The van der Waals surface area contributed by atoms with Crippen LogP contribution in [0.2, 0.25) is 0 Å². The Labute approximate surface area is 369 Å². The van der Waals surface area contributed by atoms with E-state index in [0.29, 0.717) is 64.6 Å². The Morgan fingerprint density at radius 1 is 0.672 bits per heavy atom. The molecule has 0 saturated carbocycles. The third-order valence-corrected chi connectivity index (χ3v) is 12.0. The molecule has 0 amide bonds. The number of nitrogens with one attached hydrogen (secondary N) is 1. The first kappa shape index (κ1) is 49.1. The van der Waals surface area contributed by atoms with Crippen LogP contribution in [0.15, 0.2) is 90.6 Å². The molecular formula is C43H44Br2F4N2O8S2. The highest BCUT2D eigenvalue weighted by Gasteiger charge is 2.26. The van der Waals surface area contributed by atoms with Crippen molar-refractivity contribution in [2.75, 3.05) is 41.4 Å². The monoisotopic (exact) mass is 1010 g/mol. The van der Waals surface area contributed by atoms with Gasteiger partial charge in [-0.3, -0.25) is 27.4 Å². The fourth-order valence-electron chi connectivity index (χ4n) is 6.01. The van der Waals surface area contributed by atoms with Crippen molar-refractivity contribution in [1.29, 1.82) is 0 Å². The molecular weight excluding hydrogens is 972 g/mol. The minimum atomic E-state index is -3.68. The standard InChI is InChI=1S/C21H20BrF2NO4S.C18H15BrFNO4S.C4H9F/c1-3-18(26)20-15-11-16(22)17(25(10-4-9-23)30(2,27)28)12-19(15)29-21(20)13-5-7-14(24)8-6-13;1-3-15(22)17-12-8-13(19)14(21-26(2,23)24)9-16(12)25-18(17)10-4-6-11(20)7-5-10;1-2-3-4-5/h5-8,11-12H,3-4,9-10H2,1-2H3;4-9,21H,3H2,1-2H3;2-4H2,1H3. The summed E-state index contributed by atoms with van der Waals surface area (Å²) in [5, 5.41) is 1.07. The molecule has 0 radical (unpaired) electrons. The van der Waals surface area contributed by atoms with E-state index in [-0.39, 0.29) is 55.5 Å². The van der Waals surface area contributed by atoms with Crippen molar-refractivity contribution in [3.05, 3.63) is 105 Å². The zero-order chi connectivity index (χ0) is 45.2. The molecule has 18 heteroatoms. The van der Waals surface area contributed by atoms with Crippen LogP contribution in [0.5, 0.6) is 0 Å². The summed E-state index contributed by atoms with van der Waals surface area (Å²) >= 11 is 6.70. The number of carbonyl (C=O) groups is 2. The van der Waals surface area contributed by atoms with Crippen LogP contribution in [0.1, 0.15) is 73.6 Å². The second kappa shape index (κ2) is 21.5. The number of ketones is 2. The second-order valence-corrected chi connectivity index (χ2v) is 19.0. The van der Waals surface area contributed by atoms with Crippen LogP contribution in [0.25, 0.3) is 44.6 Å². The molecule has 2 heterocycles. The first-order chi connectivity index (χ1) is 28.8. The number of anilines is 2. The number of carbonyl (C=O) groups excluding carboxylic acids is 2. The fraction of sp³-hybridized carbons (Fsp3) is 0.302. The Morgan fingerprint density at radius 3 is 1.49 bits per heavy atom. The van der Waals surface area contributed by atoms with Gasteiger partial charge in [0.1, 0.15) is 34.3 Å². The second-order valence-electron chi connectivity index (χ2n) is 13.6. The lowest BCUT2D eigenvalue weighted by molar-refractivity contribution is 0.0981. The van der Waals surface area contributed by atoms with E-state index in [1.807, 2.05) is 6.92 Å². The third-order valence-electron chi connectivity index (χ3n) is 8.89. The molecule has 0 aliphatic rings. The highest BCUT2D eigenvalue weighted by atomic mass is 79.9. The molecule has 328 valence electrons. The number of fused-ring (bicyclic) bond motifs is 2. The van der Waals surface area contributed by atoms with Crippen molar-refractivity contribution in [1.82, 2.24) is 0 Å². The fourth-order valence-corrected chi connectivity index (χ4v) is 8.80. The molecule has 10 nitrogen and oxygen atoms in total. The van der Waals surface area contributed by atoms with Gasteiger partial charge in [-0.1, -0.05) is 27.2 Å². The molecule has 1 N–H and O–H groups in total. The van der Waals surface area contributed by atoms with E-state index in [2.05, 4.69) is 36.6 Å². The van der Waals surface area contributed by atoms with Gasteiger partial charge in [0, 0.05) is 62.4 Å². The van der Waals surface area contributed by atoms with Crippen molar-refractivity contribution in [3.8, 4) is 22.6 Å². The topological polar surface area (TPSA) is 144 Å². The summed E-state index contributed by atoms with van der Waals surface area (Å²) in [6.07, 6.45) is 4.31. The predicted molar refractivity (Wildman–Crippen MR) is 240 cm³/mol. The Kier molecular flexibility index (Phi) is 17.3. The summed E-state index contributed by atoms with van der Waals surface area (Å²) < 4.78 is 114. The number of hydrogen-bond donors (Lipinski definition) is 1. The van der Waals surface area contributed by atoms with Gasteiger partial charge in [-0.2, -0.15) is 0 Å². The molecule has 6 rings (SSSR count). The van der Waals surface area contributed by atoms with Gasteiger partial charge in [0.25, 0.3) is 0 Å². The molecule has 0 atom stereocenters. The van der Waals surface area contributed by atoms with E-state index in [0.717, 1.165) is 29.7 Å². The third kappa shape index (κ3) is 12.5. The molecule has 0 spiro atoms. The van der Waals surface area contributed by atoms with Crippen molar-refractivity contribution in [3.63, 3.8) is 0 Å². The van der Waals surface area contributed by atoms with Crippen LogP contribution in [-0.4, -0.2) is 60.8 Å². The van der Waals surface area contributed by atoms with Gasteiger partial charge < -0.3 is 8.83 Å². The average Bonchev–Trinajstić information content (AvgIpc) is 3.75. The zero-order valence-electron chi connectivity index (χ0n) is 33.9. The van der Waals surface area contributed by atoms with E-state index in [1.54, 1.807) is 26.0 Å². The highest BCUT2D eigenvalue weighted by molar-refractivity contribution is 9.11. The molecule has 0 aliphatic carbocycles. The smallest absolute Gasteiger partial charge is 0.232 e. The number of nitrogens with zero attached hydrogens (tertiary/aromatic N) is 1. The Morgan fingerprint density at radius 2 is 1.11 bits per heavy atom. The summed E-state index contributed by atoms with van der Waals surface area (Å²) in [6.45, 7) is 4.59. The van der Waals surface area contributed by atoms with Crippen molar-refractivity contribution >= 4 is 96.8 Å². The normalized spacial score (nSPS) is 11.5. The maximum atomic E-state index is 13.3. The van der Waals surface area contributed by atoms with Crippen LogP contribution < -0.4 is 9.03 Å². The quantitative estimate of drug-likeness (QED) is 0.0791. The number of Topliss-reactive ketones (excluding diaryl/α,β-unsaturated/α-hetero) is 2. The summed E-state index contributed by atoms with van der Waals surface area (Å²) in [4.78, 5) is 25.2. The summed E-state index contributed by atoms with van der Waals surface area (Å²) in [6, 6.07) is 17.5. The minimum absolute atomic E-state index is 0.0360. The number of benzene rings is 4. The van der Waals surface area contributed by atoms with Crippen LogP contribution in [0, 0.1) is 11.6 Å². The minimum Gasteiger partial charge on any atom is -0.455 e. The number of furan rings is 2. The Bertz CT molecular complexity index is 2720. The first-order valence-corrected chi connectivity index (χ1v) is 24.3. The lowest BCUT2D eigenvalue weighted by Gasteiger charge is -2.23. The number of alkyl halides is 2. The van der Waals surface area contributed by atoms with E-state index >= 15 is 0 Å². The first-order valence-electron chi connectivity index (χ1n) is 19.0. The molecule has 6 aromatic rings. The van der Waals surface area contributed by atoms with Gasteiger partial charge in [-0.15, -0.1) is 0 Å². The van der Waals surface area contributed by atoms with Gasteiger partial charge in [0.2, 0.25) is 20.0 Å². The number of rotatable bonds is 15. The van der Waals surface area contributed by atoms with E-state index in [9.17, 15) is 44.0 Å². The lowest BCUT2D eigenvalue weighted by atomic mass is 10.0. The number of hydrogen-bond acceptors (Lipinski definition) is 8. The molecule has 61 heavy (non-hydrogen) atoms. The van der Waals surface area contributed by atoms with Crippen LogP contribution in [-0.2, 0) is 20.0 Å². The lowest BCUT2D eigenvalue weighted by Crippen LogP contribution is -2.31. The van der Waals surface area contributed by atoms with E-state index in [4.69, 9.17) is 8.83 Å². The largest absolute Gasteiger partial charge is 0.455 e. The van der Waals surface area contributed by atoms with Crippen LogP contribution in [0.3, 0.4) is 0 Å². The summed E-state index contributed by atoms with van der Waals surface area (Å²) in [5.41, 5.74) is 3.08. The Hall–Kier alpha value is -4.52. The van der Waals surface area contributed by atoms with Gasteiger partial charge in [-0.05, 0) is 105 Å². The molecule has 2 aromatic heterocycles. The highest BCUT2D eigenvalue weighted by Crippen LogP contribution is 2.41. The SMILES string of the molecule is CCC(=O)c1c(-c2ccc(F)cc2)oc2cc(N(CCCF)S(C)(=O)=O)c(Br)cc12.CCC(=O)c1c(-c2ccc(F)cc2)oc2cc(NS(C)(=O)=O)c(Br)cc12.CCCCF. The number of sulfonamides is 2. The van der Waals surface area contributed by atoms with Gasteiger partial charge in [0.15, 0.2) is 11.6 Å². The van der Waals surface area contributed by atoms with Crippen LogP contribution >= 0.6 is 31.9 Å². The maximum Gasteiger partial charge on any atom is 0.232 e. The predicted octanol–water partition coefficient (Wildman–Crippen LogP) is 12.4. The summed E-state index contributed by atoms with van der Waals surface area (Å²) in [5.74, 6) is -0.481. The molecule has 0 aliphatic heterocycles. The van der Waals surface area contributed by atoms with Crippen molar-refractivity contribution in [2.24, 2.45) is 0 Å². The van der Waals surface area contributed by atoms with E-state index < -0.39 is 38.4 Å². The Balaban J connectivity index is 0.000000244. The molecule has 4 aromatic carbocycles. The molecule has 0 saturated heterocycles. The number of halogens is 6. The molecule has 0 fully saturated rings. The van der Waals surface area contributed by atoms with Crippen LogP contribution in [0.4, 0.5) is 28.9 Å².